The summed E-state index contributed by atoms with van der Waals surface area (Å²) >= 11 is 7.43. The third kappa shape index (κ3) is 4.15. The first-order chi connectivity index (χ1) is 15.5. The molecule has 0 atom stereocenters. The average molecular weight is 463 g/mol. The van der Waals surface area contributed by atoms with Crippen LogP contribution in [-0.2, 0) is 15.2 Å². The van der Waals surface area contributed by atoms with Crippen LogP contribution < -0.4 is 0 Å². The van der Waals surface area contributed by atoms with Crippen LogP contribution in [0.25, 0.3) is 0 Å². The van der Waals surface area contributed by atoms with Crippen molar-refractivity contribution in [3.05, 3.63) is 123 Å². The van der Waals surface area contributed by atoms with Gasteiger partial charge in [-0.15, -0.1) is 11.3 Å². The molecule has 0 saturated carbocycles. The minimum atomic E-state index is -1.28. The summed E-state index contributed by atoms with van der Waals surface area (Å²) in [6.45, 7) is 1.75. The van der Waals surface area contributed by atoms with Crippen molar-refractivity contribution in [3.63, 3.8) is 0 Å². The second-order valence-electron chi connectivity index (χ2n) is 6.97. The summed E-state index contributed by atoms with van der Waals surface area (Å²) in [7, 11) is 0. The summed E-state index contributed by atoms with van der Waals surface area (Å²) in [4.78, 5) is 22.6. The first-order valence-corrected chi connectivity index (χ1v) is 11.0. The SMILES string of the molecule is Cc1nc(/C(=N/OC(c2ccccc2)(c2ccccc2)c2ccccc2)C(=O)O)c(Cl)s1. The van der Waals surface area contributed by atoms with Gasteiger partial charge in [0.05, 0.1) is 5.01 Å². The number of hydrogen-bond acceptors (Lipinski definition) is 5. The Hall–Kier alpha value is -3.48. The maximum absolute atomic E-state index is 12.1. The number of oxime groups is 1. The van der Waals surface area contributed by atoms with E-state index in [-0.39, 0.29) is 15.7 Å². The van der Waals surface area contributed by atoms with Crippen LogP contribution in [0.15, 0.2) is 96.2 Å². The number of thiazole rings is 1. The van der Waals surface area contributed by atoms with Crippen molar-refractivity contribution in [2.45, 2.75) is 12.5 Å². The van der Waals surface area contributed by atoms with E-state index in [0.29, 0.717) is 5.01 Å². The van der Waals surface area contributed by atoms with Gasteiger partial charge in [-0.1, -0.05) is 108 Å². The molecular weight excluding hydrogens is 444 g/mol. The van der Waals surface area contributed by atoms with Gasteiger partial charge in [0.25, 0.3) is 0 Å². The number of aromatic nitrogens is 1. The molecule has 4 aromatic rings. The third-order valence-corrected chi connectivity index (χ3v) is 6.10. The van der Waals surface area contributed by atoms with E-state index < -0.39 is 11.6 Å². The van der Waals surface area contributed by atoms with E-state index in [9.17, 15) is 9.90 Å². The highest BCUT2D eigenvalue weighted by atomic mass is 35.5. The van der Waals surface area contributed by atoms with Gasteiger partial charge < -0.3 is 9.94 Å². The first-order valence-electron chi connectivity index (χ1n) is 9.81. The van der Waals surface area contributed by atoms with Gasteiger partial charge in [-0.05, 0) is 6.92 Å². The number of carboxylic acid groups (broad SMARTS) is 1. The maximum atomic E-state index is 12.1. The molecule has 1 aromatic heterocycles. The molecule has 7 heteroatoms. The zero-order valence-electron chi connectivity index (χ0n) is 17.1. The Labute approximate surface area is 194 Å². The van der Waals surface area contributed by atoms with Crippen molar-refractivity contribution in [1.82, 2.24) is 4.98 Å². The number of halogens is 1. The summed E-state index contributed by atoms with van der Waals surface area (Å²) in [5.74, 6) is -1.28. The zero-order valence-corrected chi connectivity index (χ0v) is 18.7. The summed E-state index contributed by atoms with van der Waals surface area (Å²) in [5.41, 5.74) is 0.933. The molecular formula is C25H19ClN2O3S. The lowest BCUT2D eigenvalue weighted by Gasteiger charge is -2.33. The topological polar surface area (TPSA) is 71.8 Å². The van der Waals surface area contributed by atoms with Crippen molar-refractivity contribution in [3.8, 4) is 0 Å². The van der Waals surface area contributed by atoms with Crippen LogP contribution in [0.5, 0.6) is 0 Å². The van der Waals surface area contributed by atoms with E-state index in [4.69, 9.17) is 16.4 Å². The Morgan fingerprint density at radius 1 is 0.906 bits per heavy atom. The van der Waals surface area contributed by atoms with Crippen molar-refractivity contribution < 1.29 is 14.7 Å². The van der Waals surface area contributed by atoms with Gasteiger partial charge in [0.2, 0.25) is 11.3 Å². The van der Waals surface area contributed by atoms with Gasteiger partial charge in [-0.3, -0.25) is 0 Å². The lowest BCUT2D eigenvalue weighted by Crippen LogP contribution is -2.32. The number of carbonyl (C=O) groups is 1. The predicted molar refractivity (Wildman–Crippen MR) is 126 cm³/mol. The number of hydrogen-bond donors (Lipinski definition) is 1. The van der Waals surface area contributed by atoms with Crippen LogP contribution >= 0.6 is 22.9 Å². The van der Waals surface area contributed by atoms with Crippen molar-refractivity contribution in [2.75, 3.05) is 0 Å². The minimum Gasteiger partial charge on any atom is -0.476 e. The molecule has 0 amide bonds. The van der Waals surface area contributed by atoms with Crippen molar-refractivity contribution in [2.24, 2.45) is 5.16 Å². The Balaban J connectivity index is 1.96. The third-order valence-electron chi connectivity index (χ3n) is 4.93. The highest BCUT2D eigenvalue weighted by Gasteiger charge is 2.40. The van der Waals surface area contributed by atoms with E-state index >= 15 is 0 Å². The molecule has 0 aliphatic carbocycles. The molecule has 32 heavy (non-hydrogen) atoms. The van der Waals surface area contributed by atoms with Crippen LogP contribution in [-0.4, -0.2) is 21.8 Å². The number of rotatable bonds is 7. The second kappa shape index (κ2) is 9.34. The molecule has 0 bridgehead atoms. The quantitative estimate of drug-likeness (QED) is 0.211. The predicted octanol–water partition coefficient (Wildman–Crippen LogP) is 5.90. The van der Waals surface area contributed by atoms with Gasteiger partial charge in [0, 0.05) is 16.7 Å². The van der Waals surface area contributed by atoms with Gasteiger partial charge >= 0.3 is 5.97 Å². The number of nitrogens with zero attached hydrogens (tertiary/aromatic N) is 2. The van der Waals surface area contributed by atoms with Crippen LogP contribution in [0.2, 0.25) is 4.34 Å². The van der Waals surface area contributed by atoms with Crippen molar-refractivity contribution in [1.29, 1.82) is 0 Å². The molecule has 0 unspecified atom stereocenters. The lowest BCUT2D eigenvalue weighted by molar-refractivity contribution is -0.129. The molecule has 0 fully saturated rings. The molecule has 1 N–H and O–H groups in total. The van der Waals surface area contributed by atoms with E-state index in [1.165, 1.54) is 11.3 Å². The van der Waals surface area contributed by atoms with Crippen LogP contribution in [0.4, 0.5) is 0 Å². The second-order valence-corrected chi connectivity index (χ2v) is 8.78. The largest absolute Gasteiger partial charge is 0.476 e. The molecule has 0 radical (unpaired) electrons. The molecule has 5 nitrogen and oxygen atoms in total. The minimum absolute atomic E-state index is 0.0877. The van der Waals surface area contributed by atoms with E-state index in [0.717, 1.165) is 16.7 Å². The van der Waals surface area contributed by atoms with E-state index in [1.54, 1.807) is 6.92 Å². The van der Waals surface area contributed by atoms with Crippen molar-refractivity contribution >= 4 is 34.6 Å². The Morgan fingerprint density at radius 3 is 1.69 bits per heavy atom. The lowest BCUT2D eigenvalue weighted by atomic mass is 9.80. The average Bonchev–Trinajstić information content (AvgIpc) is 3.16. The molecule has 4 rings (SSSR count). The molecule has 160 valence electrons. The smallest absolute Gasteiger partial charge is 0.360 e. The molecule has 0 aliphatic rings. The van der Waals surface area contributed by atoms with Crippen LogP contribution in [0, 0.1) is 6.92 Å². The monoisotopic (exact) mass is 462 g/mol. The van der Waals surface area contributed by atoms with Gasteiger partial charge in [0.15, 0.2) is 0 Å². The molecule has 0 spiro atoms. The summed E-state index contributed by atoms with van der Waals surface area (Å²) in [6.07, 6.45) is 0. The number of aryl methyl sites for hydroxylation is 1. The number of benzene rings is 3. The Bertz CT molecular complexity index is 1150. The fourth-order valence-corrected chi connectivity index (χ4v) is 4.62. The number of aliphatic carboxylic acids is 1. The molecule has 1 heterocycles. The van der Waals surface area contributed by atoms with Gasteiger partial charge in [-0.25, -0.2) is 9.78 Å². The normalized spacial score (nSPS) is 11.9. The first kappa shape index (κ1) is 21.7. The van der Waals surface area contributed by atoms with Gasteiger partial charge in [0.1, 0.15) is 10.0 Å². The Morgan fingerprint density at radius 2 is 1.34 bits per heavy atom. The fraction of sp³-hybridized carbons (Fsp3) is 0.0800. The van der Waals surface area contributed by atoms with Crippen LogP contribution in [0.1, 0.15) is 27.4 Å². The Kier molecular flexibility index (Phi) is 6.35. The summed E-state index contributed by atoms with van der Waals surface area (Å²) < 4.78 is 0.247. The van der Waals surface area contributed by atoms with E-state index in [2.05, 4.69) is 10.1 Å². The highest BCUT2D eigenvalue weighted by molar-refractivity contribution is 7.16. The standard InChI is InChI=1S/C25H19ClN2O3S/c1-17-27-21(23(26)32-17)22(24(29)30)28-31-25(18-11-5-2-6-12-18,19-13-7-3-8-14-19)20-15-9-4-10-16-20/h2-16H,1H3,(H,29,30)/b28-22-. The maximum Gasteiger partial charge on any atom is 0.360 e. The van der Waals surface area contributed by atoms with Crippen LogP contribution in [0.3, 0.4) is 0 Å². The molecule has 3 aromatic carbocycles. The summed E-state index contributed by atoms with van der Waals surface area (Å²) in [5, 5.41) is 14.6. The highest BCUT2D eigenvalue weighted by Crippen LogP contribution is 2.41. The molecule has 0 aliphatic heterocycles. The van der Waals surface area contributed by atoms with E-state index in [1.807, 2.05) is 91.0 Å². The molecule has 0 saturated heterocycles. The fourth-order valence-electron chi connectivity index (χ4n) is 3.52. The van der Waals surface area contributed by atoms with Gasteiger partial charge in [-0.2, -0.15) is 0 Å². The summed E-state index contributed by atoms with van der Waals surface area (Å²) in [6, 6.07) is 28.7. The zero-order chi connectivity index (χ0) is 22.6. The number of carboxylic acids is 1.